The first-order valence-electron chi connectivity index (χ1n) is 5.75. The normalized spacial score (nSPS) is 18.5. The number of thiazole rings is 1. The summed E-state index contributed by atoms with van der Waals surface area (Å²) < 4.78 is 25.6. The van der Waals surface area contributed by atoms with Gasteiger partial charge in [0, 0.05) is 30.7 Å². The van der Waals surface area contributed by atoms with Gasteiger partial charge in [-0.05, 0) is 19.8 Å². The lowest BCUT2D eigenvalue weighted by Crippen LogP contribution is -2.45. The van der Waals surface area contributed by atoms with Gasteiger partial charge in [-0.15, -0.1) is 11.3 Å². The van der Waals surface area contributed by atoms with Crippen molar-refractivity contribution in [3.8, 4) is 0 Å². The summed E-state index contributed by atoms with van der Waals surface area (Å²) in [6.45, 7) is 3.39. The van der Waals surface area contributed by atoms with Crippen molar-refractivity contribution in [3.63, 3.8) is 0 Å². The molecule has 1 aliphatic rings. The standard InChI is InChI=1S/C10H17N3O2S2/c1-2-17(14,15)12-9-3-6-13(7-4-9)10-11-5-8-16-10/h5,8-9,12H,2-4,6-7H2,1H3. The largest absolute Gasteiger partial charge is 0.348 e. The van der Waals surface area contributed by atoms with Crippen molar-refractivity contribution in [2.75, 3.05) is 23.7 Å². The summed E-state index contributed by atoms with van der Waals surface area (Å²) in [5.74, 6) is 0.152. The molecule has 0 aromatic carbocycles. The number of aromatic nitrogens is 1. The van der Waals surface area contributed by atoms with Gasteiger partial charge in [0.15, 0.2) is 5.13 Å². The zero-order valence-electron chi connectivity index (χ0n) is 9.80. The molecule has 17 heavy (non-hydrogen) atoms. The van der Waals surface area contributed by atoms with Crippen LogP contribution in [0.3, 0.4) is 0 Å². The van der Waals surface area contributed by atoms with Crippen molar-refractivity contribution in [2.24, 2.45) is 0 Å². The molecule has 1 aliphatic heterocycles. The van der Waals surface area contributed by atoms with E-state index >= 15 is 0 Å². The third kappa shape index (κ3) is 3.40. The SMILES string of the molecule is CCS(=O)(=O)NC1CCN(c2nccs2)CC1. The molecule has 0 radical (unpaired) electrons. The third-order valence-electron chi connectivity index (χ3n) is 2.91. The van der Waals surface area contributed by atoms with Crippen LogP contribution >= 0.6 is 11.3 Å². The Morgan fingerprint density at radius 1 is 1.53 bits per heavy atom. The molecule has 1 aromatic heterocycles. The molecule has 0 bridgehead atoms. The van der Waals surface area contributed by atoms with E-state index in [0.717, 1.165) is 31.1 Å². The first kappa shape index (κ1) is 12.8. The van der Waals surface area contributed by atoms with Crippen LogP contribution in [0.4, 0.5) is 5.13 Å². The van der Waals surface area contributed by atoms with Crippen molar-refractivity contribution in [1.82, 2.24) is 9.71 Å². The van der Waals surface area contributed by atoms with E-state index in [1.54, 1.807) is 24.5 Å². The van der Waals surface area contributed by atoms with Crippen molar-refractivity contribution in [3.05, 3.63) is 11.6 Å². The predicted molar refractivity (Wildman–Crippen MR) is 69.9 cm³/mol. The second-order valence-electron chi connectivity index (χ2n) is 4.10. The van der Waals surface area contributed by atoms with Gasteiger partial charge in [-0.25, -0.2) is 18.1 Å². The smallest absolute Gasteiger partial charge is 0.211 e. The highest BCUT2D eigenvalue weighted by atomic mass is 32.2. The molecule has 1 saturated heterocycles. The number of anilines is 1. The number of piperidine rings is 1. The lowest BCUT2D eigenvalue weighted by atomic mass is 10.1. The number of hydrogen-bond acceptors (Lipinski definition) is 5. The zero-order chi connectivity index (χ0) is 12.3. The molecule has 5 nitrogen and oxygen atoms in total. The van der Waals surface area contributed by atoms with Crippen LogP contribution in [-0.4, -0.2) is 38.3 Å². The minimum absolute atomic E-state index is 0.0798. The van der Waals surface area contributed by atoms with E-state index in [1.165, 1.54) is 0 Å². The minimum Gasteiger partial charge on any atom is -0.348 e. The van der Waals surface area contributed by atoms with E-state index in [0.29, 0.717) is 0 Å². The predicted octanol–water partition coefficient (Wildman–Crippen LogP) is 1.05. The number of rotatable bonds is 4. The molecule has 0 amide bonds. The van der Waals surface area contributed by atoms with Crippen LogP contribution in [0.15, 0.2) is 11.6 Å². The van der Waals surface area contributed by atoms with Crippen LogP contribution in [0.25, 0.3) is 0 Å². The lowest BCUT2D eigenvalue weighted by molar-refractivity contribution is 0.460. The quantitative estimate of drug-likeness (QED) is 0.892. The van der Waals surface area contributed by atoms with Gasteiger partial charge in [0.25, 0.3) is 0 Å². The first-order valence-corrected chi connectivity index (χ1v) is 8.28. The highest BCUT2D eigenvalue weighted by Crippen LogP contribution is 2.22. The van der Waals surface area contributed by atoms with E-state index in [4.69, 9.17) is 0 Å². The van der Waals surface area contributed by atoms with E-state index in [9.17, 15) is 8.42 Å². The summed E-state index contributed by atoms with van der Waals surface area (Å²) in [6.07, 6.45) is 3.49. The molecule has 2 rings (SSSR count). The number of sulfonamides is 1. The summed E-state index contributed by atoms with van der Waals surface area (Å²) in [6, 6.07) is 0.0798. The fraction of sp³-hybridized carbons (Fsp3) is 0.700. The molecule has 96 valence electrons. The van der Waals surface area contributed by atoms with Crippen molar-refractivity contribution >= 4 is 26.5 Å². The molecule has 1 aromatic rings. The molecule has 0 saturated carbocycles. The van der Waals surface area contributed by atoms with Crippen molar-refractivity contribution < 1.29 is 8.42 Å². The second kappa shape index (κ2) is 5.32. The van der Waals surface area contributed by atoms with Crippen LogP contribution in [0, 0.1) is 0 Å². The monoisotopic (exact) mass is 275 g/mol. The van der Waals surface area contributed by atoms with Crippen LogP contribution in [0.5, 0.6) is 0 Å². The molecule has 0 spiro atoms. The maximum Gasteiger partial charge on any atom is 0.211 e. The number of nitrogens with zero attached hydrogens (tertiary/aromatic N) is 2. The Balaban J connectivity index is 1.86. The molecular formula is C10H17N3O2S2. The summed E-state index contributed by atoms with van der Waals surface area (Å²) in [7, 11) is -3.07. The fourth-order valence-electron chi connectivity index (χ4n) is 1.90. The van der Waals surface area contributed by atoms with E-state index in [-0.39, 0.29) is 11.8 Å². The zero-order valence-corrected chi connectivity index (χ0v) is 11.4. The summed E-state index contributed by atoms with van der Waals surface area (Å²) in [5.41, 5.74) is 0. The van der Waals surface area contributed by atoms with Gasteiger partial charge in [-0.2, -0.15) is 0 Å². The Hall–Kier alpha value is -0.660. The summed E-state index contributed by atoms with van der Waals surface area (Å²) in [4.78, 5) is 6.47. The summed E-state index contributed by atoms with van der Waals surface area (Å²) in [5, 5.41) is 2.99. The molecule has 0 aliphatic carbocycles. The highest BCUT2D eigenvalue weighted by molar-refractivity contribution is 7.89. The maximum absolute atomic E-state index is 11.4. The topological polar surface area (TPSA) is 62.3 Å². The van der Waals surface area contributed by atoms with Crippen molar-refractivity contribution in [1.29, 1.82) is 0 Å². The Morgan fingerprint density at radius 2 is 2.24 bits per heavy atom. The van der Waals surface area contributed by atoms with Gasteiger partial charge in [0.05, 0.1) is 5.75 Å². The fourth-order valence-corrected chi connectivity index (χ4v) is 3.51. The first-order chi connectivity index (χ1) is 8.11. The van der Waals surface area contributed by atoms with Crippen molar-refractivity contribution in [2.45, 2.75) is 25.8 Å². The molecule has 1 N–H and O–H groups in total. The molecule has 2 heterocycles. The molecule has 7 heteroatoms. The van der Waals surface area contributed by atoms with E-state index < -0.39 is 10.0 Å². The molecule has 0 atom stereocenters. The Kier molecular flexibility index (Phi) is 4.01. The van der Waals surface area contributed by atoms with Gasteiger partial charge in [-0.3, -0.25) is 0 Å². The number of nitrogens with one attached hydrogen (secondary N) is 1. The molecule has 0 unspecified atom stereocenters. The van der Waals surface area contributed by atoms with E-state index in [1.807, 2.05) is 5.38 Å². The average molecular weight is 275 g/mol. The Bertz CT molecular complexity index is 436. The lowest BCUT2D eigenvalue weighted by Gasteiger charge is -2.31. The van der Waals surface area contributed by atoms with Crippen LogP contribution in [0.2, 0.25) is 0 Å². The van der Waals surface area contributed by atoms with Crippen LogP contribution < -0.4 is 9.62 Å². The molecule has 1 fully saturated rings. The minimum atomic E-state index is -3.07. The van der Waals surface area contributed by atoms with Gasteiger partial charge < -0.3 is 4.90 Å². The van der Waals surface area contributed by atoms with Gasteiger partial charge in [0.1, 0.15) is 0 Å². The Labute approximate surface area is 106 Å². The highest BCUT2D eigenvalue weighted by Gasteiger charge is 2.23. The second-order valence-corrected chi connectivity index (χ2v) is 7.01. The average Bonchev–Trinajstić information content (AvgIpc) is 2.83. The molecular weight excluding hydrogens is 258 g/mol. The van der Waals surface area contributed by atoms with Gasteiger partial charge in [-0.1, -0.05) is 0 Å². The van der Waals surface area contributed by atoms with Gasteiger partial charge in [0.2, 0.25) is 10.0 Å². The number of hydrogen-bond donors (Lipinski definition) is 1. The third-order valence-corrected chi connectivity index (χ3v) is 5.20. The van der Waals surface area contributed by atoms with Crippen LogP contribution in [-0.2, 0) is 10.0 Å². The Morgan fingerprint density at radius 3 is 2.76 bits per heavy atom. The summed E-state index contributed by atoms with van der Waals surface area (Å²) >= 11 is 1.62. The van der Waals surface area contributed by atoms with Gasteiger partial charge >= 0.3 is 0 Å². The van der Waals surface area contributed by atoms with Crippen LogP contribution in [0.1, 0.15) is 19.8 Å². The van der Waals surface area contributed by atoms with E-state index in [2.05, 4.69) is 14.6 Å². The maximum atomic E-state index is 11.4.